The molecule has 2 atom stereocenters. The summed E-state index contributed by atoms with van der Waals surface area (Å²) in [6.07, 6.45) is 0.799. The highest BCUT2D eigenvalue weighted by Gasteiger charge is 2.24. The van der Waals surface area contributed by atoms with Crippen molar-refractivity contribution in [2.24, 2.45) is 11.8 Å². The highest BCUT2D eigenvalue weighted by Crippen LogP contribution is 2.30. The molecule has 0 heterocycles. The molecule has 90 valence electrons. The molecule has 16 heavy (non-hydrogen) atoms. The van der Waals surface area contributed by atoms with Crippen molar-refractivity contribution in [2.75, 3.05) is 0 Å². The molecule has 0 aliphatic heterocycles. The third-order valence-corrected chi connectivity index (χ3v) is 3.05. The van der Waals surface area contributed by atoms with Gasteiger partial charge < -0.3 is 5.11 Å². The first-order valence-corrected chi connectivity index (χ1v) is 6.25. The molecule has 0 saturated carbocycles. The van der Waals surface area contributed by atoms with Gasteiger partial charge >= 0.3 is 0 Å². The lowest BCUT2D eigenvalue weighted by atomic mass is 9.82. The van der Waals surface area contributed by atoms with Crippen LogP contribution in [0.2, 0.25) is 0 Å². The molecular weight excluding hydrogens is 196 g/mol. The summed E-state index contributed by atoms with van der Waals surface area (Å²) in [5.41, 5.74) is 1.26. The van der Waals surface area contributed by atoms with E-state index in [2.05, 4.69) is 52.0 Å². The zero-order valence-corrected chi connectivity index (χ0v) is 10.9. The monoisotopic (exact) mass is 220 g/mol. The Morgan fingerprint density at radius 3 is 2.00 bits per heavy atom. The van der Waals surface area contributed by atoms with E-state index in [0.29, 0.717) is 11.8 Å². The van der Waals surface area contributed by atoms with Crippen molar-refractivity contribution in [2.45, 2.75) is 46.1 Å². The zero-order chi connectivity index (χ0) is 12.1. The van der Waals surface area contributed by atoms with Crippen molar-refractivity contribution in [3.8, 4) is 0 Å². The van der Waals surface area contributed by atoms with Crippen LogP contribution in [0.5, 0.6) is 0 Å². The molecule has 2 unspecified atom stereocenters. The average molecular weight is 220 g/mol. The van der Waals surface area contributed by atoms with Gasteiger partial charge in [-0.25, -0.2) is 0 Å². The minimum absolute atomic E-state index is 0.246. The first kappa shape index (κ1) is 13.2. The molecule has 0 amide bonds. The Bertz CT molecular complexity index is 290. The van der Waals surface area contributed by atoms with Gasteiger partial charge in [-0.05, 0) is 23.8 Å². The summed E-state index contributed by atoms with van der Waals surface area (Å²) in [4.78, 5) is 0. The Hall–Kier alpha value is -0.820. The van der Waals surface area contributed by atoms with Gasteiger partial charge in [0, 0.05) is 5.92 Å². The predicted molar refractivity (Wildman–Crippen MR) is 69.5 cm³/mol. The number of rotatable bonds is 5. The van der Waals surface area contributed by atoms with Crippen LogP contribution in [0.25, 0.3) is 0 Å². The molecule has 1 heteroatoms. The van der Waals surface area contributed by atoms with Crippen LogP contribution < -0.4 is 0 Å². The SMILES string of the molecule is CC(C)CC(c1ccccc1)C(O)C(C)C. The van der Waals surface area contributed by atoms with E-state index in [9.17, 15) is 5.11 Å². The summed E-state index contributed by atoms with van der Waals surface area (Å²) >= 11 is 0. The Balaban J connectivity index is 2.87. The van der Waals surface area contributed by atoms with Crippen LogP contribution in [0.15, 0.2) is 30.3 Å². The van der Waals surface area contributed by atoms with Crippen LogP contribution in [0.3, 0.4) is 0 Å². The zero-order valence-electron chi connectivity index (χ0n) is 10.9. The molecule has 0 aromatic heterocycles. The summed E-state index contributed by atoms with van der Waals surface area (Å²) in [7, 11) is 0. The normalized spacial score (nSPS) is 15.4. The highest BCUT2D eigenvalue weighted by molar-refractivity contribution is 5.21. The molecule has 1 aromatic rings. The fourth-order valence-corrected chi connectivity index (χ4v) is 2.15. The van der Waals surface area contributed by atoms with E-state index < -0.39 is 0 Å². The number of benzene rings is 1. The molecule has 1 rings (SSSR count). The third kappa shape index (κ3) is 3.64. The van der Waals surface area contributed by atoms with Gasteiger partial charge in [-0.3, -0.25) is 0 Å². The van der Waals surface area contributed by atoms with Gasteiger partial charge in [0.25, 0.3) is 0 Å². The molecule has 1 nitrogen and oxygen atoms in total. The van der Waals surface area contributed by atoms with Crippen molar-refractivity contribution in [1.29, 1.82) is 0 Å². The van der Waals surface area contributed by atoms with Crippen molar-refractivity contribution in [3.63, 3.8) is 0 Å². The second-order valence-corrected chi connectivity index (χ2v) is 5.38. The van der Waals surface area contributed by atoms with Gasteiger partial charge in [0.05, 0.1) is 6.10 Å². The lowest BCUT2D eigenvalue weighted by Crippen LogP contribution is -2.25. The van der Waals surface area contributed by atoms with Crippen LogP contribution in [0.1, 0.15) is 45.6 Å². The molecule has 0 aliphatic carbocycles. The van der Waals surface area contributed by atoms with E-state index in [1.165, 1.54) is 5.56 Å². The molecule has 1 N–H and O–H groups in total. The minimum atomic E-state index is -0.246. The lowest BCUT2D eigenvalue weighted by molar-refractivity contribution is 0.0877. The first-order valence-electron chi connectivity index (χ1n) is 6.25. The van der Waals surface area contributed by atoms with Crippen molar-refractivity contribution < 1.29 is 5.11 Å². The second-order valence-electron chi connectivity index (χ2n) is 5.38. The van der Waals surface area contributed by atoms with E-state index in [4.69, 9.17) is 0 Å². The van der Waals surface area contributed by atoms with Gasteiger partial charge in [0.1, 0.15) is 0 Å². The summed E-state index contributed by atoms with van der Waals surface area (Å²) in [6.45, 7) is 8.59. The van der Waals surface area contributed by atoms with Crippen LogP contribution in [-0.4, -0.2) is 11.2 Å². The van der Waals surface area contributed by atoms with Crippen molar-refractivity contribution in [3.05, 3.63) is 35.9 Å². The summed E-state index contributed by atoms with van der Waals surface area (Å²) in [5, 5.41) is 10.3. The van der Waals surface area contributed by atoms with E-state index in [1.54, 1.807) is 0 Å². The standard InChI is InChI=1S/C15H24O/c1-11(2)10-14(15(16)12(3)4)13-8-6-5-7-9-13/h5-9,11-12,14-16H,10H2,1-4H3. The van der Waals surface area contributed by atoms with E-state index >= 15 is 0 Å². The Kier molecular flexibility index (Phi) is 5.01. The highest BCUT2D eigenvalue weighted by atomic mass is 16.3. The fourth-order valence-electron chi connectivity index (χ4n) is 2.15. The van der Waals surface area contributed by atoms with Gasteiger partial charge in [-0.1, -0.05) is 58.0 Å². The first-order chi connectivity index (χ1) is 7.52. The molecule has 0 fully saturated rings. The van der Waals surface area contributed by atoms with Crippen LogP contribution in [-0.2, 0) is 0 Å². The molecular formula is C15H24O. The molecule has 0 aliphatic rings. The number of hydrogen-bond acceptors (Lipinski definition) is 1. The number of aliphatic hydroxyl groups is 1. The van der Waals surface area contributed by atoms with Crippen LogP contribution in [0, 0.1) is 11.8 Å². The summed E-state index contributed by atoms with van der Waals surface area (Å²) < 4.78 is 0. The Morgan fingerprint density at radius 2 is 1.56 bits per heavy atom. The Labute approximate surface area is 99.5 Å². The smallest absolute Gasteiger partial charge is 0.0631 e. The van der Waals surface area contributed by atoms with Crippen LogP contribution in [0.4, 0.5) is 0 Å². The summed E-state index contributed by atoms with van der Waals surface area (Å²) in [6, 6.07) is 10.4. The topological polar surface area (TPSA) is 20.2 Å². The lowest BCUT2D eigenvalue weighted by Gasteiger charge is -2.27. The van der Waals surface area contributed by atoms with E-state index in [0.717, 1.165) is 6.42 Å². The molecule has 1 aromatic carbocycles. The molecule has 0 radical (unpaired) electrons. The fraction of sp³-hybridized carbons (Fsp3) is 0.600. The maximum absolute atomic E-state index is 10.3. The maximum Gasteiger partial charge on any atom is 0.0631 e. The van der Waals surface area contributed by atoms with Crippen molar-refractivity contribution >= 4 is 0 Å². The van der Waals surface area contributed by atoms with Gasteiger partial charge in [0.2, 0.25) is 0 Å². The third-order valence-electron chi connectivity index (χ3n) is 3.05. The predicted octanol–water partition coefficient (Wildman–Crippen LogP) is 3.83. The van der Waals surface area contributed by atoms with E-state index in [1.807, 2.05) is 6.07 Å². The molecule has 0 spiro atoms. The van der Waals surface area contributed by atoms with Gasteiger partial charge in [0.15, 0.2) is 0 Å². The molecule has 0 saturated heterocycles. The number of hydrogen-bond donors (Lipinski definition) is 1. The number of aliphatic hydroxyl groups excluding tert-OH is 1. The quantitative estimate of drug-likeness (QED) is 0.799. The largest absolute Gasteiger partial charge is 0.392 e. The van der Waals surface area contributed by atoms with Crippen LogP contribution >= 0.6 is 0 Å². The maximum atomic E-state index is 10.3. The Morgan fingerprint density at radius 1 is 1.00 bits per heavy atom. The molecule has 0 bridgehead atoms. The van der Waals surface area contributed by atoms with Gasteiger partial charge in [-0.15, -0.1) is 0 Å². The minimum Gasteiger partial charge on any atom is -0.392 e. The second kappa shape index (κ2) is 6.05. The van der Waals surface area contributed by atoms with Gasteiger partial charge in [-0.2, -0.15) is 0 Å². The van der Waals surface area contributed by atoms with Crippen molar-refractivity contribution in [1.82, 2.24) is 0 Å². The van der Waals surface area contributed by atoms with E-state index in [-0.39, 0.29) is 12.0 Å². The average Bonchev–Trinajstić information content (AvgIpc) is 2.26. The summed E-state index contributed by atoms with van der Waals surface area (Å²) in [5.74, 6) is 1.18.